The van der Waals surface area contributed by atoms with Gasteiger partial charge >= 0.3 is 0 Å². The van der Waals surface area contributed by atoms with Crippen LogP contribution in [-0.2, 0) is 0 Å². The van der Waals surface area contributed by atoms with Crippen LogP contribution in [0.25, 0.3) is 17.0 Å². The van der Waals surface area contributed by atoms with Crippen molar-refractivity contribution in [1.29, 1.82) is 0 Å². The first kappa shape index (κ1) is 17.5. The van der Waals surface area contributed by atoms with E-state index in [1.54, 1.807) is 31.5 Å². The lowest BCUT2D eigenvalue weighted by Gasteiger charge is -2.10. The number of anilines is 1. The maximum atomic E-state index is 12.6. The Morgan fingerprint density at radius 2 is 1.89 bits per heavy atom. The SMILES string of the molecule is COc1ccc(C(=O)Nc2cccc(-c3cn4cccnc4n3)c2)cc1OC. The van der Waals surface area contributed by atoms with E-state index in [0.29, 0.717) is 28.5 Å². The Morgan fingerprint density at radius 1 is 1.04 bits per heavy atom. The predicted molar refractivity (Wildman–Crippen MR) is 106 cm³/mol. The molecule has 0 bridgehead atoms. The topological polar surface area (TPSA) is 77.8 Å². The molecule has 0 spiro atoms. The summed E-state index contributed by atoms with van der Waals surface area (Å²) < 4.78 is 12.3. The molecular formula is C21H18N4O3. The Kier molecular flexibility index (Phi) is 4.63. The molecule has 2 aromatic heterocycles. The van der Waals surface area contributed by atoms with Crippen molar-refractivity contribution in [2.45, 2.75) is 0 Å². The zero-order valence-corrected chi connectivity index (χ0v) is 15.4. The molecule has 4 rings (SSSR count). The summed E-state index contributed by atoms with van der Waals surface area (Å²) >= 11 is 0. The third-order valence-corrected chi connectivity index (χ3v) is 4.30. The van der Waals surface area contributed by atoms with Crippen molar-refractivity contribution in [2.75, 3.05) is 19.5 Å². The Labute approximate surface area is 161 Å². The number of hydrogen-bond acceptors (Lipinski definition) is 5. The zero-order chi connectivity index (χ0) is 19.5. The summed E-state index contributed by atoms with van der Waals surface area (Å²) in [6.45, 7) is 0. The van der Waals surface area contributed by atoms with Crippen molar-refractivity contribution < 1.29 is 14.3 Å². The molecule has 0 unspecified atom stereocenters. The van der Waals surface area contributed by atoms with Gasteiger partial charge in [-0.1, -0.05) is 12.1 Å². The maximum absolute atomic E-state index is 12.6. The van der Waals surface area contributed by atoms with Crippen LogP contribution in [0.4, 0.5) is 5.69 Å². The van der Waals surface area contributed by atoms with Gasteiger partial charge in [0.2, 0.25) is 5.78 Å². The zero-order valence-electron chi connectivity index (χ0n) is 15.4. The largest absolute Gasteiger partial charge is 0.493 e. The molecule has 0 saturated carbocycles. The number of rotatable bonds is 5. The van der Waals surface area contributed by atoms with Gasteiger partial charge in [0.1, 0.15) is 0 Å². The number of carbonyl (C=O) groups is 1. The Hall–Kier alpha value is -3.87. The fraction of sp³-hybridized carbons (Fsp3) is 0.0952. The van der Waals surface area contributed by atoms with Crippen LogP contribution in [0.15, 0.2) is 67.1 Å². The highest BCUT2D eigenvalue weighted by molar-refractivity contribution is 6.04. The average Bonchev–Trinajstić information content (AvgIpc) is 3.17. The number of methoxy groups -OCH3 is 2. The number of nitrogens with one attached hydrogen (secondary N) is 1. The van der Waals surface area contributed by atoms with E-state index in [9.17, 15) is 4.79 Å². The first-order chi connectivity index (χ1) is 13.7. The third kappa shape index (κ3) is 3.37. The molecule has 0 saturated heterocycles. The van der Waals surface area contributed by atoms with Gasteiger partial charge in [-0.05, 0) is 36.4 Å². The van der Waals surface area contributed by atoms with E-state index >= 15 is 0 Å². The fourth-order valence-electron chi connectivity index (χ4n) is 2.91. The van der Waals surface area contributed by atoms with Crippen LogP contribution < -0.4 is 14.8 Å². The van der Waals surface area contributed by atoms with Crippen molar-refractivity contribution in [2.24, 2.45) is 0 Å². The van der Waals surface area contributed by atoms with Crippen LogP contribution in [0.2, 0.25) is 0 Å². The smallest absolute Gasteiger partial charge is 0.255 e. The number of nitrogens with zero attached hydrogens (tertiary/aromatic N) is 3. The van der Waals surface area contributed by atoms with Gasteiger partial charge in [0, 0.05) is 35.4 Å². The number of hydrogen-bond donors (Lipinski definition) is 1. The standard InChI is InChI=1S/C21H18N4O3/c1-27-18-8-7-15(12-19(18)28-2)20(26)23-16-6-3-5-14(11-16)17-13-25-10-4-9-22-21(25)24-17/h3-13H,1-2H3,(H,23,26). The summed E-state index contributed by atoms with van der Waals surface area (Å²) in [7, 11) is 3.09. The first-order valence-electron chi connectivity index (χ1n) is 8.61. The maximum Gasteiger partial charge on any atom is 0.255 e. The van der Waals surface area contributed by atoms with E-state index in [1.807, 2.05) is 47.1 Å². The van der Waals surface area contributed by atoms with E-state index in [1.165, 1.54) is 7.11 Å². The van der Waals surface area contributed by atoms with E-state index in [-0.39, 0.29) is 5.91 Å². The summed E-state index contributed by atoms with van der Waals surface area (Å²) in [5.41, 5.74) is 2.80. The lowest BCUT2D eigenvalue weighted by molar-refractivity contribution is 0.102. The minimum absolute atomic E-state index is 0.241. The van der Waals surface area contributed by atoms with E-state index in [0.717, 1.165) is 11.3 Å². The molecule has 0 aliphatic heterocycles. The molecular weight excluding hydrogens is 356 g/mol. The fourth-order valence-corrected chi connectivity index (χ4v) is 2.91. The third-order valence-electron chi connectivity index (χ3n) is 4.30. The molecule has 0 aliphatic rings. The molecule has 0 aliphatic carbocycles. The second-order valence-corrected chi connectivity index (χ2v) is 6.06. The molecule has 0 atom stereocenters. The van der Waals surface area contributed by atoms with Crippen molar-refractivity contribution >= 4 is 17.4 Å². The van der Waals surface area contributed by atoms with Gasteiger partial charge in [-0.3, -0.25) is 9.20 Å². The highest BCUT2D eigenvalue weighted by Crippen LogP contribution is 2.28. The number of imidazole rings is 1. The van der Waals surface area contributed by atoms with Crippen LogP contribution >= 0.6 is 0 Å². The molecule has 1 N–H and O–H groups in total. The van der Waals surface area contributed by atoms with Gasteiger partial charge in [-0.15, -0.1) is 0 Å². The van der Waals surface area contributed by atoms with Crippen LogP contribution in [0, 0.1) is 0 Å². The second-order valence-electron chi connectivity index (χ2n) is 6.06. The average molecular weight is 374 g/mol. The molecule has 2 heterocycles. The van der Waals surface area contributed by atoms with Gasteiger partial charge in [-0.2, -0.15) is 0 Å². The number of amides is 1. The van der Waals surface area contributed by atoms with Crippen molar-refractivity contribution in [1.82, 2.24) is 14.4 Å². The summed E-state index contributed by atoms with van der Waals surface area (Å²) in [6.07, 6.45) is 5.49. The highest BCUT2D eigenvalue weighted by atomic mass is 16.5. The summed E-state index contributed by atoms with van der Waals surface area (Å²) in [5, 5.41) is 2.91. The molecule has 0 radical (unpaired) electrons. The summed E-state index contributed by atoms with van der Waals surface area (Å²) in [4.78, 5) is 21.4. The minimum Gasteiger partial charge on any atom is -0.493 e. The molecule has 7 nitrogen and oxygen atoms in total. The second kappa shape index (κ2) is 7.40. The lowest BCUT2D eigenvalue weighted by atomic mass is 10.1. The summed E-state index contributed by atoms with van der Waals surface area (Å²) in [5.74, 6) is 1.45. The van der Waals surface area contributed by atoms with E-state index in [2.05, 4.69) is 15.3 Å². The number of aromatic nitrogens is 3. The minimum atomic E-state index is -0.241. The van der Waals surface area contributed by atoms with Gasteiger partial charge in [0.05, 0.1) is 19.9 Å². The lowest BCUT2D eigenvalue weighted by Crippen LogP contribution is -2.12. The Bertz CT molecular complexity index is 1120. The van der Waals surface area contributed by atoms with Crippen LogP contribution in [0.3, 0.4) is 0 Å². The predicted octanol–water partition coefficient (Wildman–Crippen LogP) is 3.67. The molecule has 7 heteroatoms. The van der Waals surface area contributed by atoms with E-state index in [4.69, 9.17) is 9.47 Å². The Balaban J connectivity index is 1.59. The van der Waals surface area contributed by atoms with Crippen LogP contribution in [-0.4, -0.2) is 34.5 Å². The molecule has 2 aromatic carbocycles. The van der Waals surface area contributed by atoms with E-state index < -0.39 is 0 Å². The van der Waals surface area contributed by atoms with Gasteiger partial charge in [-0.25, -0.2) is 9.97 Å². The molecule has 4 aromatic rings. The highest BCUT2D eigenvalue weighted by Gasteiger charge is 2.12. The number of carbonyl (C=O) groups excluding carboxylic acids is 1. The molecule has 140 valence electrons. The first-order valence-corrected chi connectivity index (χ1v) is 8.61. The van der Waals surface area contributed by atoms with Crippen LogP contribution in [0.5, 0.6) is 11.5 Å². The van der Waals surface area contributed by atoms with Gasteiger partial charge in [0.25, 0.3) is 5.91 Å². The van der Waals surface area contributed by atoms with Crippen molar-refractivity contribution in [3.8, 4) is 22.8 Å². The number of fused-ring (bicyclic) bond motifs is 1. The van der Waals surface area contributed by atoms with Crippen LogP contribution in [0.1, 0.15) is 10.4 Å². The van der Waals surface area contributed by atoms with Crippen molar-refractivity contribution in [3.05, 3.63) is 72.7 Å². The monoisotopic (exact) mass is 374 g/mol. The normalized spacial score (nSPS) is 10.6. The van der Waals surface area contributed by atoms with Crippen molar-refractivity contribution in [3.63, 3.8) is 0 Å². The Morgan fingerprint density at radius 3 is 2.68 bits per heavy atom. The van der Waals surface area contributed by atoms with Gasteiger partial charge < -0.3 is 14.8 Å². The quantitative estimate of drug-likeness (QED) is 0.577. The summed E-state index contributed by atoms with van der Waals surface area (Å²) in [6, 6.07) is 14.4. The van der Waals surface area contributed by atoms with Gasteiger partial charge in [0.15, 0.2) is 11.5 Å². The number of benzene rings is 2. The molecule has 1 amide bonds. The molecule has 28 heavy (non-hydrogen) atoms. The molecule has 0 fully saturated rings. The number of ether oxygens (including phenoxy) is 2.